The van der Waals surface area contributed by atoms with Crippen LogP contribution in [0.4, 0.5) is 9.59 Å². The van der Waals surface area contributed by atoms with Crippen LogP contribution < -0.4 is 5.32 Å². The molecule has 0 aliphatic carbocycles. The van der Waals surface area contributed by atoms with Gasteiger partial charge in [-0.2, -0.15) is 0 Å². The predicted molar refractivity (Wildman–Crippen MR) is 99.8 cm³/mol. The highest BCUT2D eigenvalue weighted by molar-refractivity contribution is 5.70. The second-order valence-electron chi connectivity index (χ2n) is 8.24. The number of nitrogens with one attached hydrogen (secondary N) is 1. The Morgan fingerprint density at radius 3 is 2.54 bits per heavy atom. The number of carbonyl (C=O) groups is 2. The third kappa shape index (κ3) is 5.93. The lowest BCUT2D eigenvalue weighted by Gasteiger charge is -2.43. The maximum atomic E-state index is 12.5. The molecule has 2 atom stereocenters. The fourth-order valence-electron chi connectivity index (χ4n) is 2.99. The molecule has 2 rings (SSSR count). The first-order valence-electron chi connectivity index (χ1n) is 9.06. The standard InChI is InChI=1S/C20H30N2O4/c1-15-11-12-20(5,21-17(23)26-19(2,3)4)14-22(15)18(24)25-13-16-9-7-6-8-10-16/h6-10,15H,11-14H2,1-5H3,(H,21,23). The number of hydrogen-bond acceptors (Lipinski definition) is 4. The molecular weight excluding hydrogens is 332 g/mol. The molecule has 0 bridgehead atoms. The van der Waals surface area contributed by atoms with Crippen LogP contribution in [0.15, 0.2) is 30.3 Å². The smallest absolute Gasteiger partial charge is 0.410 e. The molecule has 1 aromatic rings. The fourth-order valence-corrected chi connectivity index (χ4v) is 2.99. The van der Waals surface area contributed by atoms with Crippen LogP contribution in [0.1, 0.15) is 53.0 Å². The summed E-state index contributed by atoms with van der Waals surface area (Å²) in [5.74, 6) is 0. The zero-order chi connectivity index (χ0) is 19.4. The van der Waals surface area contributed by atoms with E-state index >= 15 is 0 Å². The van der Waals surface area contributed by atoms with Crippen molar-refractivity contribution >= 4 is 12.2 Å². The normalized spacial score (nSPS) is 23.3. The van der Waals surface area contributed by atoms with Gasteiger partial charge in [0.05, 0.1) is 5.54 Å². The van der Waals surface area contributed by atoms with Crippen molar-refractivity contribution in [3.63, 3.8) is 0 Å². The molecule has 0 radical (unpaired) electrons. The third-order valence-corrected chi connectivity index (χ3v) is 4.41. The van der Waals surface area contributed by atoms with E-state index in [0.717, 1.165) is 18.4 Å². The Labute approximate surface area is 155 Å². The van der Waals surface area contributed by atoms with E-state index in [0.29, 0.717) is 6.54 Å². The van der Waals surface area contributed by atoms with E-state index in [-0.39, 0.29) is 18.7 Å². The first kappa shape index (κ1) is 20.1. The molecule has 1 heterocycles. The number of benzene rings is 1. The topological polar surface area (TPSA) is 67.9 Å². The van der Waals surface area contributed by atoms with Gasteiger partial charge >= 0.3 is 12.2 Å². The number of piperidine rings is 1. The molecule has 1 aromatic carbocycles. The molecule has 144 valence electrons. The van der Waals surface area contributed by atoms with Crippen molar-refractivity contribution in [1.29, 1.82) is 0 Å². The van der Waals surface area contributed by atoms with Crippen molar-refractivity contribution in [2.75, 3.05) is 6.54 Å². The molecule has 0 saturated carbocycles. The molecule has 1 saturated heterocycles. The summed E-state index contributed by atoms with van der Waals surface area (Å²) < 4.78 is 10.8. The Morgan fingerprint density at radius 1 is 1.27 bits per heavy atom. The summed E-state index contributed by atoms with van der Waals surface area (Å²) in [5.41, 5.74) is -0.155. The van der Waals surface area contributed by atoms with Crippen molar-refractivity contribution in [2.45, 2.75) is 71.2 Å². The minimum Gasteiger partial charge on any atom is -0.445 e. The molecule has 6 heteroatoms. The number of rotatable bonds is 3. The highest BCUT2D eigenvalue weighted by Crippen LogP contribution is 2.26. The lowest BCUT2D eigenvalue weighted by Crippen LogP contribution is -2.60. The number of likely N-dealkylation sites (tertiary alicyclic amines) is 1. The summed E-state index contributed by atoms with van der Waals surface area (Å²) in [7, 11) is 0. The highest BCUT2D eigenvalue weighted by Gasteiger charge is 2.39. The average Bonchev–Trinajstić information content (AvgIpc) is 2.54. The van der Waals surface area contributed by atoms with Gasteiger partial charge in [0.25, 0.3) is 0 Å². The van der Waals surface area contributed by atoms with Crippen molar-refractivity contribution in [1.82, 2.24) is 10.2 Å². The highest BCUT2D eigenvalue weighted by atomic mass is 16.6. The molecule has 0 spiro atoms. The molecule has 1 fully saturated rings. The molecular formula is C20H30N2O4. The summed E-state index contributed by atoms with van der Waals surface area (Å²) in [5, 5.41) is 2.92. The molecule has 2 unspecified atom stereocenters. The van der Waals surface area contributed by atoms with Gasteiger partial charge in [-0.15, -0.1) is 0 Å². The van der Waals surface area contributed by atoms with Crippen LogP contribution in [-0.2, 0) is 16.1 Å². The minimum absolute atomic E-state index is 0.0618. The quantitative estimate of drug-likeness (QED) is 0.879. The van der Waals surface area contributed by atoms with E-state index in [1.54, 1.807) is 4.90 Å². The summed E-state index contributed by atoms with van der Waals surface area (Å²) in [6.07, 6.45) is 0.730. The van der Waals surface area contributed by atoms with Crippen LogP contribution in [-0.4, -0.2) is 40.8 Å². The number of alkyl carbamates (subject to hydrolysis) is 1. The Kier molecular flexibility index (Phi) is 6.16. The second kappa shape index (κ2) is 7.98. The van der Waals surface area contributed by atoms with Crippen LogP contribution >= 0.6 is 0 Å². The van der Waals surface area contributed by atoms with Gasteiger partial charge in [-0.25, -0.2) is 9.59 Å². The van der Waals surface area contributed by atoms with Crippen molar-refractivity contribution in [3.05, 3.63) is 35.9 Å². The van der Waals surface area contributed by atoms with Gasteiger partial charge in [-0.3, -0.25) is 0 Å². The van der Waals surface area contributed by atoms with Crippen LogP contribution in [0, 0.1) is 0 Å². The van der Waals surface area contributed by atoms with E-state index in [4.69, 9.17) is 9.47 Å². The van der Waals surface area contributed by atoms with Crippen LogP contribution in [0.5, 0.6) is 0 Å². The van der Waals surface area contributed by atoms with Crippen molar-refractivity contribution < 1.29 is 19.1 Å². The summed E-state index contributed by atoms with van der Waals surface area (Å²) in [4.78, 5) is 26.4. The van der Waals surface area contributed by atoms with Gasteiger partial charge in [-0.05, 0) is 53.0 Å². The van der Waals surface area contributed by atoms with Crippen LogP contribution in [0.3, 0.4) is 0 Å². The van der Waals surface area contributed by atoms with Gasteiger partial charge in [0.15, 0.2) is 0 Å². The molecule has 1 aliphatic heterocycles. The first-order valence-corrected chi connectivity index (χ1v) is 9.06. The van der Waals surface area contributed by atoms with E-state index in [9.17, 15) is 9.59 Å². The number of carbonyl (C=O) groups excluding carboxylic acids is 2. The largest absolute Gasteiger partial charge is 0.445 e. The Bertz CT molecular complexity index is 626. The van der Waals surface area contributed by atoms with E-state index < -0.39 is 17.2 Å². The zero-order valence-corrected chi connectivity index (χ0v) is 16.4. The SMILES string of the molecule is CC1CCC(C)(NC(=O)OC(C)(C)C)CN1C(=O)OCc1ccccc1. The number of nitrogens with zero attached hydrogens (tertiary/aromatic N) is 1. The molecule has 6 nitrogen and oxygen atoms in total. The molecule has 1 N–H and O–H groups in total. The summed E-state index contributed by atoms with van der Waals surface area (Å²) >= 11 is 0. The number of amides is 2. The maximum absolute atomic E-state index is 12.5. The van der Waals surface area contributed by atoms with E-state index in [1.165, 1.54) is 0 Å². The van der Waals surface area contributed by atoms with Gasteiger partial charge in [0.1, 0.15) is 12.2 Å². The van der Waals surface area contributed by atoms with Crippen LogP contribution in [0.25, 0.3) is 0 Å². The molecule has 0 aromatic heterocycles. The monoisotopic (exact) mass is 362 g/mol. The minimum atomic E-state index is -0.559. The van der Waals surface area contributed by atoms with E-state index in [1.807, 2.05) is 65.0 Å². The lowest BCUT2D eigenvalue weighted by atomic mass is 9.88. The van der Waals surface area contributed by atoms with E-state index in [2.05, 4.69) is 5.32 Å². The molecule has 26 heavy (non-hydrogen) atoms. The van der Waals surface area contributed by atoms with Gasteiger partial charge < -0.3 is 19.7 Å². The predicted octanol–water partition coefficient (Wildman–Crippen LogP) is 4.09. The number of ether oxygens (including phenoxy) is 2. The van der Waals surface area contributed by atoms with Crippen LogP contribution in [0.2, 0.25) is 0 Å². The van der Waals surface area contributed by atoms with Gasteiger partial charge in [0.2, 0.25) is 0 Å². The molecule has 1 aliphatic rings. The zero-order valence-electron chi connectivity index (χ0n) is 16.4. The Hall–Kier alpha value is -2.24. The Balaban J connectivity index is 1.95. The average molecular weight is 362 g/mol. The van der Waals surface area contributed by atoms with Crippen molar-refractivity contribution in [2.24, 2.45) is 0 Å². The summed E-state index contributed by atoms with van der Waals surface area (Å²) in [6.45, 7) is 10.0. The third-order valence-electron chi connectivity index (χ3n) is 4.41. The second-order valence-corrected chi connectivity index (χ2v) is 8.24. The fraction of sp³-hybridized carbons (Fsp3) is 0.600. The molecule has 2 amide bonds. The van der Waals surface area contributed by atoms with Gasteiger partial charge in [-0.1, -0.05) is 30.3 Å². The van der Waals surface area contributed by atoms with Crippen molar-refractivity contribution in [3.8, 4) is 0 Å². The Morgan fingerprint density at radius 2 is 1.92 bits per heavy atom. The van der Waals surface area contributed by atoms with Gasteiger partial charge in [0, 0.05) is 12.6 Å². The number of hydrogen-bond donors (Lipinski definition) is 1. The summed E-state index contributed by atoms with van der Waals surface area (Å²) in [6, 6.07) is 9.64. The maximum Gasteiger partial charge on any atom is 0.410 e. The lowest BCUT2D eigenvalue weighted by molar-refractivity contribution is 0.0262. The first-order chi connectivity index (χ1) is 12.1.